The average Bonchev–Trinajstić information content (AvgIpc) is 2.42. The lowest BCUT2D eigenvalue weighted by Crippen LogP contribution is -2.31. The molecule has 23 heavy (non-hydrogen) atoms. The van der Waals surface area contributed by atoms with Gasteiger partial charge in [-0.25, -0.2) is 0 Å². The molecule has 0 heterocycles. The van der Waals surface area contributed by atoms with E-state index in [0.29, 0.717) is 0 Å². The van der Waals surface area contributed by atoms with Gasteiger partial charge >= 0.3 is 12.1 Å². The quantitative estimate of drug-likeness (QED) is 0.867. The molecule has 2 rings (SSSR count). The SMILES string of the molecule is CC(C)OC1=CC(=O)C(=O)c2c(NC(=O)C(F)(F)F)cccc21. The van der Waals surface area contributed by atoms with Crippen LogP contribution in [0.4, 0.5) is 18.9 Å². The van der Waals surface area contributed by atoms with Crippen molar-refractivity contribution in [1.82, 2.24) is 0 Å². The van der Waals surface area contributed by atoms with Crippen molar-refractivity contribution in [2.24, 2.45) is 0 Å². The van der Waals surface area contributed by atoms with Crippen LogP contribution in [0.5, 0.6) is 0 Å². The number of rotatable bonds is 3. The first kappa shape index (κ1) is 16.7. The van der Waals surface area contributed by atoms with Gasteiger partial charge in [-0.3, -0.25) is 14.4 Å². The summed E-state index contributed by atoms with van der Waals surface area (Å²) < 4.78 is 42.6. The van der Waals surface area contributed by atoms with Crippen LogP contribution in [0.15, 0.2) is 24.3 Å². The number of fused-ring (bicyclic) bond motifs is 1. The summed E-state index contributed by atoms with van der Waals surface area (Å²) >= 11 is 0. The molecule has 0 bridgehead atoms. The number of allylic oxidation sites excluding steroid dienone is 1. The van der Waals surface area contributed by atoms with Crippen LogP contribution in [-0.4, -0.2) is 29.8 Å². The van der Waals surface area contributed by atoms with Crippen LogP contribution in [0, 0.1) is 0 Å². The number of hydrogen-bond acceptors (Lipinski definition) is 4. The van der Waals surface area contributed by atoms with E-state index in [1.54, 1.807) is 19.2 Å². The van der Waals surface area contributed by atoms with Gasteiger partial charge in [-0.05, 0) is 19.9 Å². The number of carbonyl (C=O) groups excluding carboxylic acids is 3. The van der Waals surface area contributed by atoms with E-state index in [1.165, 1.54) is 12.1 Å². The van der Waals surface area contributed by atoms with E-state index >= 15 is 0 Å². The Morgan fingerprint density at radius 1 is 1.22 bits per heavy atom. The van der Waals surface area contributed by atoms with Crippen molar-refractivity contribution in [2.45, 2.75) is 26.1 Å². The van der Waals surface area contributed by atoms with Crippen LogP contribution in [0.3, 0.4) is 0 Å². The van der Waals surface area contributed by atoms with Crippen LogP contribution in [0.1, 0.15) is 29.8 Å². The largest absolute Gasteiger partial charge is 0.490 e. The van der Waals surface area contributed by atoms with Crippen molar-refractivity contribution in [3.63, 3.8) is 0 Å². The van der Waals surface area contributed by atoms with Gasteiger partial charge in [0.25, 0.3) is 0 Å². The zero-order valence-electron chi connectivity index (χ0n) is 12.2. The van der Waals surface area contributed by atoms with E-state index in [-0.39, 0.29) is 28.7 Å². The lowest BCUT2D eigenvalue weighted by atomic mass is 9.92. The zero-order valence-corrected chi connectivity index (χ0v) is 12.2. The second-order valence-corrected chi connectivity index (χ2v) is 5.05. The van der Waals surface area contributed by atoms with E-state index in [4.69, 9.17) is 4.74 Å². The summed E-state index contributed by atoms with van der Waals surface area (Å²) in [6, 6.07) is 3.90. The second kappa shape index (κ2) is 5.86. The molecule has 0 aliphatic heterocycles. The van der Waals surface area contributed by atoms with Crippen molar-refractivity contribution >= 4 is 28.9 Å². The van der Waals surface area contributed by atoms with Crippen LogP contribution in [0.2, 0.25) is 0 Å². The summed E-state index contributed by atoms with van der Waals surface area (Å²) in [4.78, 5) is 34.8. The van der Waals surface area contributed by atoms with Crippen molar-refractivity contribution in [1.29, 1.82) is 0 Å². The molecule has 0 saturated heterocycles. The molecule has 0 saturated carbocycles. The third-order valence-corrected chi connectivity index (χ3v) is 2.91. The molecule has 5 nitrogen and oxygen atoms in total. The summed E-state index contributed by atoms with van der Waals surface area (Å²) in [5, 5.41) is 1.62. The first-order valence-electron chi connectivity index (χ1n) is 6.60. The summed E-state index contributed by atoms with van der Waals surface area (Å²) in [6.45, 7) is 3.38. The molecule has 1 amide bonds. The topological polar surface area (TPSA) is 72.5 Å². The lowest BCUT2D eigenvalue weighted by molar-refractivity contribution is -0.167. The van der Waals surface area contributed by atoms with Gasteiger partial charge in [0.1, 0.15) is 5.76 Å². The summed E-state index contributed by atoms with van der Waals surface area (Å²) in [5.41, 5.74) is -0.544. The number of anilines is 1. The summed E-state index contributed by atoms with van der Waals surface area (Å²) in [7, 11) is 0. The van der Waals surface area contributed by atoms with Gasteiger partial charge in [0, 0.05) is 11.6 Å². The first-order chi connectivity index (χ1) is 10.6. The monoisotopic (exact) mass is 327 g/mol. The van der Waals surface area contributed by atoms with E-state index in [0.717, 1.165) is 12.1 Å². The molecule has 0 spiro atoms. The number of amides is 1. The molecule has 0 atom stereocenters. The Morgan fingerprint density at radius 3 is 2.43 bits per heavy atom. The van der Waals surface area contributed by atoms with Crippen molar-refractivity contribution in [3.05, 3.63) is 35.4 Å². The van der Waals surface area contributed by atoms with Gasteiger partial charge in [0.05, 0.1) is 17.4 Å². The maximum absolute atomic E-state index is 12.4. The zero-order chi connectivity index (χ0) is 17.4. The molecule has 1 aliphatic carbocycles. The molecule has 8 heteroatoms. The Bertz CT molecular complexity index is 720. The van der Waals surface area contributed by atoms with Crippen LogP contribution in [0.25, 0.3) is 5.76 Å². The molecule has 1 aliphatic rings. The number of Topliss-reactive ketones (excluding diaryl/α,β-unsaturated/α-hetero) is 1. The van der Waals surface area contributed by atoms with E-state index in [1.807, 2.05) is 0 Å². The minimum absolute atomic E-state index is 0.0720. The highest BCUT2D eigenvalue weighted by Crippen LogP contribution is 2.32. The Labute approximate surface area is 129 Å². The fourth-order valence-corrected chi connectivity index (χ4v) is 2.04. The minimum Gasteiger partial charge on any atom is -0.490 e. The highest BCUT2D eigenvalue weighted by Gasteiger charge is 2.40. The maximum atomic E-state index is 12.4. The fraction of sp³-hybridized carbons (Fsp3) is 0.267. The molecule has 1 aromatic carbocycles. The third-order valence-electron chi connectivity index (χ3n) is 2.91. The first-order valence-corrected chi connectivity index (χ1v) is 6.60. The Hall–Kier alpha value is -2.64. The smallest absolute Gasteiger partial charge is 0.471 e. The molecular formula is C15H12F3NO4. The van der Waals surface area contributed by atoms with Gasteiger partial charge in [-0.2, -0.15) is 13.2 Å². The molecule has 0 fully saturated rings. The maximum Gasteiger partial charge on any atom is 0.471 e. The molecular weight excluding hydrogens is 315 g/mol. The molecule has 122 valence electrons. The van der Waals surface area contributed by atoms with Crippen molar-refractivity contribution < 1.29 is 32.3 Å². The number of halogens is 3. The highest BCUT2D eigenvalue weighted by molar-refractivity contribution is 6.51. The third kappa shape index (κ3) is 3.41. The normalized spacial score (nSPS) is 14.4. The molecule has 0 aromatic heterocycles. The molecule has 0 radical (unpaired) electrons. The Morgan fingerprint density at radius 2 is 1.87 bits per heavy atom. The van der Waals surface area contributed by atoms with Gasteiger partial charge in [-0.1, -0.05) is 12.1 Å². The Kier molecular flexibility index (Phi) is 4.26. The standard InChI is InChI=1S/C15H12F3NO4/c1-7(2)23-11-6-10(20)13(21)12-8(11)4-3-5-9(12)19-14(22)15(16,17)18/h3-7H,1-2H3,(H,19,22). The number of ether oxygens (including phenoxy) is 1. The fourth-order valence-electron chi connectivity index (χ4n) is 2.04. The predicted octanol–water partition coefficient (Wildman–Crippen LogP) is 2.72. The van der Waals surface area contributed by atoms with Gasteiger partial charge in [0.15, 0.2) is 0 Å². The average molecular weight is 327 g/mol. The molecule has 1 N–H and O–H groups in total. The number of carbonyl (C=O) groups is 3. The number of benzene rings is 1. The van der Waals surface area contributed by atoms with E-state index in [9.17, 15) is 27.6 Å². The predicted molar refractivity (Wildman–Crippen MR) is 74.7 cm³/mol. The van der Waals surface area contributed by atoms with Gasteiger partial charge in [-0.15, -0.1) is 0 Å². The number of hydrogen-bond donors (Lipinski definition) is 1. The number of alkyl halides is 3. The van der Waals surface area contributed by atoms with Crippen LogP contribution < -0.4 is 5.32 Å². The summed E-state index contributed by atoms with van der Waals surface area (Å²) in [5.74, 6) is -4.09. The number of ketones is 2. The van der Waals surface area contributed by atoms with Crippen LogP contribution >= 0.6 is 0 Å². The van der Waals surface area contributed by atoms with Gasteiger partial charge < -0.3 is 10.1 Å². The van der Waals surface area contributed by atoms with Crippen molar-refractivity contribution in [3.8, 4) is 0 Å². The molecule has 1 aromatic rings. The van der Waals surface area contributed by atoms with E-state index in [2.05, 4.69) is 0 Å². The van der Waals surface area contributed by atoms with E-state index < -0.39 is 23.6 Å². The Balaban J connectivity index is 2.51. The minimum atomic E-state index is -5.11. The second-order valence-electron chi connectivity index (χ2n) is 5.05. The lowest BCUT2D eigenvalue weighted by Gasteiger charge is -2.21. The van der Waals surface area contributed by atoms with Gasteiger partial charge in [0.2, 0.25) is 11.6 Å². The van der Waals surface area contributed by atoms with Crippen molar-refractivity contribution in [2.75, 3.05) is 5.32 Å². The summed E-state index contributed by atoms with van der Waals surface area (Å²) in [6.07, 6.45) is -4.44. The molecule has 0 unspecified atom stereocenters. The number of nitrogens with one attached hydrogen (secondary N) is 1. The highest BCUT2D eigenvalue weighted by atomic mass is 19.4. The van der Waals surface area contributed by atoms with Crippen LogP contribution in [-0.2, 0) is 14.3 Å².